The molecule has 0 aliphatic heterocycles. The van der Waals surface area contributed by atoms with Crippen molar-refractivity contribution in [2.75, 3.05) is 0 Å². The SMILES string of the molecule is CC1=C/C(=C(\c2ccccc2)c2ccc(/C(=C3/C=C(C)C(=O)C(C(C)(C)C)=C3)c3ccccc3)s2)C=C(C(C)(C)C)C1=O. The Balaban J connectivity index is 1.78. The van der Waals surface area contributed by atoms with E-state index in [1.54, 1.807) is 11.3 Å². The number of carbonyl (C=O) groups excluding carboxylic acids is 2. The van der Waals surface area contributed by atoms with E-state index >= 15 is 0 Å². The van der Waals surface area contributed by atoms with Crippen LogP contribution in [0.25, 0.3) is 11.1 Å². The Hall–Kier alpha value is -4.08. The first-order valence-electron chi connectivity index (χ1n) is 14.9. The maximum Gasteiger partial charge on any atom is 0.185 e. The third-order valence-electron chi connectivity index (χ3n) is 7.97. The van der Waals surface area contributed by atoms with Gasteiger partial charge in [-0.15, -0.1) is 11.3 Å². The van der Waals surface area contributed by atoms with Crippen LogP contribution in [-0.2, 0) is 9.59 Å². The quantitative estimate of drug-likeness (QED) is 0.306. The van der Waals surface area contributed by atoms with Gasteiger partial charge in [-0.1, -0.05) is 102 Å². The number of rotatable bonds is 4. The molecule has 0 spiro atoms. The first kappa shape index (κ1) is 30.4. The molecule has 0 fully saturated rings. The molecule has 0 unspecified atom stereocenters. The molecule has 2 aliphatic carbocycles. The highest BCUT2D eigenvalue weighted by molar-refractivity contribution is 7.14. The van der Waals surface area contributed by atoms with Gasteiger partial charge in [0.15, 0.2) is 11.6 Å². The molecule has 1 heterocycles. The summed E-state index contributed by atoms with van der Waals surface area (Å²) in [4.78, 5) is 28.6. The molecule has 0 bridgehead atoms. The summed E-state index contributed by atoms with van der Waals surface area (Å²) in [5.74, 6) is 0.226. The lowest BCUT2D eigenvalue weighted by Gasteiger charge is -2.26. The molecule has 0 atom stereocenters. The molecule has 0 radical (unpaired) electrons. The van der Waals surface area contributed by atoms with Crippen LogP contribution in [0.5, 0.6) is 0 Å². The smallest absolute Gasteiger partial charge is 0.185 e. The van der Waals surface area contributed by atoms with Gasteiger partial charge in [0.25, 0.3) is 0 Å². The van der Waals surface area contributed by atoms with Gasteiger partial charge < -0.3 is 0 Å². The van der Waals surface area contributed by atoms with Gasteiger partial charge in [-0.25, -0.2) is 0 Å². The monoisotopic (exact) mass is 584 g/mol. The van der Waals surface area contributed by atoms with E-state index in [0.717, 1.165) is 65.5 Å². The third-order valence-corrected chi connectivity index (χ3v) is 9.09. The normalized spacial score (nSPS) is 18.5. The molecule has 0 saturated carbocycles. The van der Waals surface area contributed by atoms with Crippen LogP contribution < -0.4 is 0 Å². The van der Waals surface area contributed by atoms with Crippen LogP contribution in [0.2, 0.25) is 0 Å². The van der Waals surface area contributed by atoms with Crippen molar-refractivity contribution in [2.24, 2.45) is 10.8 Å². The highest BCUT2D eigenvalue weighted by atomic mass is 32.1. The summed E-state index contributed by atoms with van der Waals surface area (Å²) in [7, 11) is 0. The van der Waals surface area contributed by atoms with Gasteiger partial charge in [0.05, 0.1) is 0 Å². The predicted octanol–water partition coefficient (Wildman–Crippen LogP) is 10.4. The Morgan fingerprint density at radius 3 is 1.19 bits per heavy atom. The molecule has 2 nitrogen and oxygen atoms in total. The van der Waals surface area contributed by atoms with Crippen molar-refractivity contribution in [3.8, 4) is 0 Å². The van der Waals surface area contributed by atoms with E-state index in [0.29, 0.717) is 0 Å². The van der Waals surface area contributed by atoms with Gasteiger partial charge in [0.1, 0.15) is 0 Å². The molecule has 3 heteroatoms. The summed E-state index contributed by atoms with van der Waals surface area (Å²) in [5, 5.41) is 0. The summed E-state index contributed by atoms with van der Waals surface area (Å²) in [6, 6.07) is 25.3. The van der Waals surface area contributed by atoms with Crippen LogP contribution in [0.15, 0.2) is 131 Å². The summed E-state index contributed by atoms with van der Waals surface area (Å²) < 4.78 is 0. The maximum atomic E-state index is 13.2. The van der Waals surface area contributed by atoms with E-state index in [1.165, 1.54) is 0 Å². The minimum atomic E-state index is -0.273. The van der Waals surface area contributed by atoms with Crippen molar-refractivity contribution >= 4 is 34.0 Å². The summed E-state index contributed by atoms with van der Waals surface area (Å²) in [6.07, 6.45) is 8.25. The van der Waals surface area contributed by atoms with Crippen LogP contribution in [0.3, 0.4) is 0 Å². The van der Waals surface area contributed by atoms with Crippen molar-refractivity contribution in [3.63, 3.8) is 0 Å². The Bertz CT molecular complexity index is 1650. The van der Waals surface area contributed by atoms with E-state index in [9.17, 15) is 9.59 Å². The Morgan fingerprint density at radius 2 is 0.860 bits per heavy atom. The van der Waals surface area contributed by atoms with E-state index in [-0.39, 0.29) is 22.4 Å². The first-order chi connectivity index (χ1) is 20.3. The fourth-order valence-electron chi connectivity index (χ4n) is 5.67. The largest absolute Gasteiger partial charge is 0.289 e. The second-order valence-electron chi connectivity index (χ2n) is 13.5. The van der Waals surface area contributed by atoms with Gasteiger partial charge >= 0.3 is 0 Å². The zero-order valence-electron chi connectivity index (χ0n) is 26.5. The van der Waals surface area contributed by atoms with Crippen molar-refractivity contribution in [1.29, 1.82) is 0 Å². The van der Waals surface area contributed by atoms with Gasteiger partial charge in [0, 0.05) is 32.0 Å². The number of hydrogen-bond donors (Lipinski definition) is 0. The van der Waals surface area contributed by atoms with E-state index in [1.807, 2.05) is 38.1 Å². The molecule has 0 saturated heterocycles. The lowest BCUT2D eigenvalue weighted by Crippen LogP contribution is -2.21. The maximum absolute atomic E-state index is 13.2. The van der Waals surface area contributed by atoms with E-state index in [4.69, 9.17) is 0 Å². The van der Waals surface area contributed by atoms with Crippen LogP contribution in [0.4, 0.5) is 0 Å². The summed E-state index contributed by atoms with van der Waals surface area (Å²) in [6.45, 7) is 16.4. The van der Waals surface area contributed by atoms with Gasteiger partial charge in [-0.05, 0) is 94.5 Å². The van der Waals surface area contributed by atoms with Crippen molar-refractivity contribution in [3.05, 3.63) is 151 Å². The molecule has 0 N–H and O–H groups in total. The molecule has 218 valence electrons. The predicted molar refractivity (Wildman–Crippen MR) is 182 cm³/mol. The van der Waals surface area contributed by atoms with Crippen molar-refractivity contribution in [2.45, 2.75) is 55.4 Å². The highest BCUT2D eigenvalue weighted by Crippen LogP contribution is 2.43. The minimum absolute atomic E-state index is 0.113. The van der Waals surface area contributed by atoms with Crippen LogP contribution in [0.1, 0.15) is 76.3 Å². The number of benzene rings is 2. The molecule has 3 aromatic rings. The molecule has 43 heavy (non-hydrogen) atoms. The number of allylic oxidation sites excluding steroid dienone is 10. The average molecular weight is 585 g/mol. The van der Waals surface area contributed by atoms with Crippen LogP contribution >= 0.6 is 11.3 Å². The fourth-order valence-corrected chi connectivity index (χ4v) is 6.85. The van der Waals surface area contributed by atoms with Gasteiger partial charge in [0.2, 0.25) is 0 Å². The number of ketones is 2. The summed E-state index contributed by atoms with van der Waals surface area (Å²) >= 11 is 1.74. The molecule has 0 amide bonds. The second-order valence-corrected chi connectivity index (χ2v) is 14.6. The highest BCUT2D eigenvalue weighted by Gasteiger charge is 2.30. The molecule has 2 aliphatic rings. The lowest BCUT2D eigenvalue weighted by atomic mass is 9.77. The molecule has 5 rings (SSSR count). The molecular formula is C40H40O2S. The van der Waals surface area contributed by atoms with Crippen molar-refractivity contribution in [1.82, 2.24) is 0 Å². The second kappa shape index (κ2) is 11.5. The van der Waals surface area contributed by atoms with E-state index < -0.39 is 0 Å². The Kier molecular flexibility index (Phi) is 8.15. The third kappa shape index (κ3) is 6.19. The van der Waals surface area contributed by atoms with Crippen LogP contribution in [-0.4, -0.2) is 11.6 Å². The van der Waals surface area contributed by atoms with E-state index in [2.05, 4.69) is 114 Å². The molecular weight excluding hydrogens is 545 g/mol. The van der Waals surface area contributed by atoms with Gasteiger partial charge in [-0.3, -0.25) is 9.59 Å². The number of hydrogen-bond acceptors (Lipinski definition) is 3. The fraction of sp³-hybridized carbons (Fsp3) is 0.250. The zero-order valence-corrected chi connectivity index (χ0v) is 27.3. The zero-order chi connectivity index (χ0) is 31.1. The Labute approximate surface area is 260 Å². The molecule has 2 aromatic carbocycles. The standard InChI is InChI=1S/C40H40O2S/c1-25-21-29(23-31(37(25)41)39(3,4)5)35(27-15-11-9-12-16-27)33-19-20-34(43-33)36(28-17-13-10-14-18-28)30-22-26(2)38(42)32(24-30)40(6,7)8/h9-24H,1-8H3/b35-29-,36-30-. The lowest BCUT2D eigenvalue weighted by molar-refractivity contribution is -0.113. The molecule has 1 aromatic heterocycles. The number of carbonyl (C=O) groups is 2. The van der Waals surface area contributed by atoms with Crippen molar-refractivity contribution < 1.29 is 9.59 Å². The first-order valence-corrected chi connectivity index (χ1v) is 15.7. The Morgan fingerprint density at radius 1 is 0.512 bits per heavy atom. The average Bonchev–Trinajstić information content (AvgIpc) is 3.41. The number of thiophene rings is 1. The number of Topliss-reactive ketones (excluding diaryl/α,β-unsaturated/α-hetero) is 2. The topological polar surface area (TPSA) is 34.1 Å². The summed E-state index contributed by atoms with van der Waals surface area (Å²) in [5.41, 5.74) is 9.15. The van der Waals surface area contributed by atoms with Crippen LogP contribution in [0, 0.1) is 10.8 Å². The minimum Gasteiger partial charge on any atom is -0.289 e. The van der Waals surface area contributed by atoms with Gasteiger partial charge in [-0.2, -0.15) is 0 Å².